The lowest BCUT2D eigenvalue weighted by molar-refractivity contribution is 0.112. The van der Waals surface area contributed by atoms with Crippen molar-refractivity contribution in [1.29, 1.82) is 0 Å². The van der Waals surface area contributed by atoms with Gasteiger partial charge in [-0.1, -0.05) is 70.7 Å². The summed E-state index contributed by atoms with van der Waals surface area (Å²) in [6.07, 6.45) is 0.512. The van der Waals surface area contributed by atoms with Gasteiger partial charge in [-0.05, 0) is 43.3 Å². The lowest BCUT2D eigenvalue weighted by Crippen LogP contribution is -2.14. The van der Waals surface area contributed by atoms with Gasteiger partial charge in [0.1, 0.15) is 0 Å². The average molecular weight is 457 g/mol. The number of aryl methyl sites for hydroxylation is 1. The first-order chi connectivity index (χ1) is 13.2. The van der Waals surface area contributed by atoms with Gasteiger partial charge in [-0.3, -0.25) is 9.52 Å². The molecule has 1 N–H and O–H groups in total. The second kappa shape index (κ2) is 9.94. The lowest BCUT2D eigenvalue weighted by atomic mass is 10.2. The van der Waals surface area contributed by atoms with Crippen molar-refractivity contribution in [3.8, 4) is 0 Å². The highest BCUT2D eigenvalue weighted by Crippen LogP contribution is 2.27. The third kappa shape index (κ3) is 6.24. The van der Waals surface area contributed by atoms with Crippen molar-refractivity contribution in [3.63, 3.8) is 0 Å². The fourth-order valence-electron chi connectivity index (χ4n) is 2.11. The van der Waals surface area contributed by atoms with Gasteiger partial charge >= 0.3 is 0 Å². The minimum Gasteiger partial charge on any atom is -0.298 e. The molecule has 0 heterocycles. The summed E-state index contributed by atoms with van der Waals surface area (Å²) in [5.74, 6) is 0. The number of aldehydes is 1. The first-order valence-electron chi connectivity index (χ1n) is 7.97. The van der Waals surface area contributed by atoms with E-state index in [0.717, 1.165) is 0 Å². The zero-order chi connectivity index (χ0) is 20.7. The Hall–Kier alpha value is -2.05. The molecular formula is C20H16Cl3NO3S. The summed E-state index contributed by atoms with van der Waals surface area (Å²) in [7, 11) is -3.89. The maximum Gasteiger partial charge on any atom is 0.261 e. The molecule has 3 aromatic carbocycles. The predicted molar refractivity (Wildman–Crippen MR) is 115 cm³/mol. The van der Waals surface area contributed by atoms with E-state index in [4.69, 9.17) is 34.8 Å². The van der Waals surface area contributed by atoms with Crippen LogP contribution >= 0.6 is 34.8 Å². The maximum atomic E-state index is 12.3. The van der Waals surface area contributed by atoms with Crippen molar-refractivity contribution in [2.45, 2.75) is 11.8 Å². The fraction of sp³-hybridized carbons (Fsp3) is 0.0500. The van der Waals surface area contributed by atoms with Gasteiger partial charge in [0.25, 0.3) is 10.0 Å². The first-order valence-corrected chi connectivity index (χ1v) is 10.6. The summed E-state index contributed by atoms with van der Waals surface area (Å²) < 4.78 is 26.8. The van der Waals surface area contributed by atoms with Crippen LogP contribution < -0.4 is 4.72 Å². The number of benzene rings is 3. The number of hydrogen-bond acceptors (Lipinski definition) is 3. The van der Waals surface area contributed by atoms with E-state index in [1.165, 1.54) is 42.0 Å². The quantitative estimate of drug-likeness (QED) is 0.472. The van der Waals surface area contributed by atoms with Gasteiger partial charge in [-0.15, -0.1) is 0 Å². The zero-order valence-electron chi connectivity index (χ0n) is 14.7. The van der Waals surface area contributed by atoms with E-state index in [2.05, 4.69) is 23.8 Å². The van der Waals surface area contributed by atoms with Crippen LogP contribution in [0.1, 0.15) is 15.9 Å². The molecular weight excluding hydrogens is 441 g/mol. The second-order valence-electron chi connectivity index (χ2n) is 5.69. The van der Waals surface area contributed by atoms with Gasteiger partial charge in [0, 0.05) is 10.6 Å². The molecule has 0 bridgehead atoms. The van der Waals surface area contributed by atoms with E-state index < -0.39 is 10.0 Å². The number of carbonyl (C=O) groups is 1. The van der Waals surface area contributed by atoms with E-state index in [0.29, 0.717) is 11.3 Å². The number of carbonyl (C=O) groups excluding carboxylic acids is 1. The molecule has 0 saturated carbocycles. The van der Waals surface area contributed by atoms with Crippen molar-refractivity contribution in [1.82, 2.24) is 0 Å². The standard InChI is InChI=1S/C13H8Cl3NO3S.C7H8/c14-9-1-4-13(8(5-9)7-18)17-21(19,20)10-2-3-11(15)12(16)6-10;1-7-5-3-2-4-6-7/h1-7,17H;2-6H,1H3. The predicted octanol–water partition coefficient (Wildman–Crippen LogP) is 6.26. The van der Waals surface area contributed by atoms with E-state index >= 15 is 0 Å². The largest absolute Gasteiger partial charge is 0.298 e. The molecule has 0 aliphatic heterocycles. The van der Waals surface area contributed by atoms with Crippen LogP contribution in [0.5, 0.6) is 0 Å². The smallest absolute Gasteiger partial charge is 0.261 e. The Kier molecular flexibility index (Phi) is 7.89. The van der Waals surface area contributed by atoms with Crippen LogP contribution in [0.15, 0.2) is 71.6 Å². The summed E-state index contributed by atoms with van der Waals surface area (Å²) in [6, 6.07) is 18.4. The minimum absolute atomic E-state index is 0.0660. The molecule has 4 nitrogen and oxygen atoms in total. The van der Waals surface area contributed by atoms with E-state index in [9.17, 15) is 13.2 Å². The number of nitrogens with one attached hydrogen (secondary N) is 1. The SMILES string of the molecule is Cc1ccccc1.O=Cc1cc(Cl)ccc1NS(=O)(=O)c1ccc(Cl)c(Cl)c1. The van der Waals surface area contributed by atoms with E-state index in [-0.39, 0.29) is 26.2 Å². The molecule has 0 amide bonds. The fourth-order valence-corrected chi connectivity index (χ4v) is 3.76. The Bertz CT molecular complexity index is 1070. The molecule has 3 rings (SSSR count). The van der Waals surface area contributed by atoms with Crippen molar-refractivity contribution in [2.24, 2.45) is 0 Å². The molecule has 0 saturated heterocycles. The highest BCUT2D eigenvalue weighted by Gasteiger charge is 2.17. The minimum atomic E-state index is -3.89. The molecule has 0 atom stereocenters. The zero-order valence-corrected chi connectivity index (χ0v) is 17.8. The highest BCUT2D eigenvalue weighted by molar-refractivity contribution is 7.92. The van der Waals surface area contributed by atoms with Crippen molar-refractivity contribution in [3.05, 3.63) is 92.9 Å². The normalized spacial score (nSPS) is 10.6. The molecule has 0 fully saturated rings. The first kappa shape index (κ1) is 22.2. The van der Waals surface area contributed by atoms with Gasteiger partial charge < -0.3 is 0 Å². The molecule has 0 radical (unpaired) electrons. The van der Waals surface area contributed by atoms with Crippen molar-refractivity contribution >= 4 is 56.8 Å². The molecule has 0 aliphatic rings. The number of sulfonamides is 1. The van der Waals surface area contributed by atoms with Crippen LogP contribution in [0, 0.1) is 6.92 Å². The van der Waals surface area contributed by atoms with Gasteiger partial charge in [0.2, 0.25) is 0 Å². The van der Waals surface area contributed by atoms with Crippen LogP contribution in [0.25, 0.3) is 0 Å². The molecule has 0 aromatic heterocycles. The molecule has 0 spiro atoms. The van der Waals surface area contributed by atoms with Crippen molar-refractivity contribution < 1.29 is 13.2 Å². The Morgan fingerprint density at radius 2 is 1.54 bits per heavy atom. The van der Waals surface area contributed by atoms with Crippen molar-refractivity contribution in [2.75, 3.05) is 4.72 Å². The van der Waals surface area contributed by atoms with Crippen LogP contribution in [-0.2, 0) is 10.0 Å². The Morgan fingerprint density at radius 3 is 2.07 bits per heavy atom. The van der Waals surface area contributed by atoms with Crippen LogP contribution in [-0.4, -0.2) is 14.7 Å². The topological polar surface area (TPSA) is 63.2 Å². The number of halogens is 3. The van der Waals surface area contributed by atoms with Crippen LogP contribution in [0.3, 0.4) is 0 Å². The number of anilines is 1. The summed E-state index contributed by atoms with van der Waals surface area (Å²) >= 11 is 17.3. The Morgan fingerprint density at radius 1 is 0.857 bits per heavy atom. The molecule has 3 aromatic rings. The number of rotatable bonds is 4. The summed E-state index contributed by atoms with van der Waals surface area (Å²) in [5.41, 5.74) is 1.58. The summed E-state index contributed by atoms with van der Waals surface area (Å²) in [4.78, 5) is 10.9. The summed E-state index contributed by atoms with van der Waals surface area (Å²) in [6.45, 7) is 2.08. The van der Waals surface area contributed by atoms with Gasteiger partial charge in [-0.2, -0.15) is 0 Å². The molecule has 0 unspecified atom stereocenters. The third-order valence-electron chi connectivity index (χ3n) is 3.53. The lowest BCUT2D eigenvalue weighted by Gasteiger charge is -2.10. The molecule has 0 aliphatic carbocycles. The molecule has 146 valence electrons. The van der Waals surface area contributed by atoms with Gasteiger partial charge in [0.05, 0.1) is 20.6 Å². The van der Waals surface area contributed by atoms with Gasteiger partial charge in [0.15, 0.2) is 6.29 Å². The Labute approximate surface area is 179 Å². The monoisotopic (exact) mass is 455 g/mol. The highest BCUT2D eigenvalue weighted by atomic mass is 35.5. The maximum absolute atomic E-state index is 12.3. The molecule has 28 heavy (non-hydrogen) atoms. The second-order valence-corrected chi connectivity index (χ2v) is 8.62. The van der Waals surface area contributed by atoms with E-state index in [1.807, 2.05) is 18.2 Å². The van der Waals surface area contributed by atoms with Gasteiger partial charge in [-0.25, -0.2) is 8.42 Å². The van der Waals surface area contributed by atoms with Crippen LogP contribution in [0.4, 0.5) is 5.69 Å². The number of hydrogen-bond donors (Lipinski definition) is 1. The molecule has 8 heteroatoms. The average Bonchev–Trinajstić information content (AvgIpc) is 2.66. The third-order valence-corrected chi connectivity index (χ3v) is 5.86. The van der Waals surface area contributed by atoms with Crippen LogP contribution in [0.2, 0.25) is 15.1 Å². The Balaban J connectivity index is 0.000000336. The summed E-state index contributed by atoms with van der Waals surface area (Å²) in [5, 5.41) is 0.691. The van der Waals surface area contributed by atoms with E-state index in [1.54, 1.807) is 0 Å².